The van der Waals surface area contributed by atoms with Gasteiger partial charge in [0.15, 0.2) is 6.61 Å². The summed E-state index contributed by atoms with van der Waals surface area (Å²) in [6.45, 7) is 4.22. The summed E-state index contributed by atoms with van der Waals surface area (Å²) in [5, 5.41) is 3.72. The second kappa shape index (κ2) is 8.64. The topological polar surface area (TPSA) is 55.4 Å². The number of carbonyl (C=O) groups excluding carboxylic acids is 2. The number of carbonyl (C=O) groups is 2. The fraction of sp³-hybridized carbons (Fsp3) is 0.636. The van der Waals surface area contributed by atoms with Crippen molar-refractivity contribution in [3.05, 3.63) is 34.9 Å². The number of ether oxygens (including phenoxy) is 1. The minimum absolute atomic E-state index is 0.177. The van der Waals surface area contributed by atoms with Crippen LogP contribution in [0.4, 0.5) is 0 Å². The zero-order chi connectivity index (χ0) is 19.4. The molecular formula is C22H30ClNO3. The van der Waals surface area contributed by atoms with Gasteiger partial charge in [-0.1, -0.05) is 63.3 Å². The first-order valence-corrected chi connectivity index (χ1v) is 10.5. The van der Waals surface area contributed by atoms with Gasteiger partial charge in [-0.3, -0.25) is 9.59 Å². The molecule has 1 aromatic carbocycles. The van der Waals surface area contributed by atoms with Crippen molar-refractivity contribution in [1.82, 2.24) is 5.32 Å². The lowest BCUT2D eigenvalue weighted by Crippen LogP contribution is -2.46. The fourth-order valence-electron chi connectivity index (χ4n) is 4.66. The smallest absolute Gasteiger partial charge is 0.317 e. The van der Waals surface area contributed by atoms with E-state index in [1.165, 1.54) is 6.42 Å². The summed E-state index contributed by atoms with van der Waals surface area (Å²) < 4.78 is 5.50. The van der Waals surface area contributed by atoms with Crippen LogP contribution in [0.1, 0.15) is 64.4 Å². The molecule has 3 rings (SSSR count). The predicted octanol–water partition coefficient (Wildman–Crippen LogP) is 4.64. The number of amides is 1. The van der Waals surface area contributed by atoms with Gasteiger partial charge in [-0.2, -0.15) is 0 Å². The van der Waals surface area contributed by atoms with Gasteiger partial charge in [0.1, 0.15) is 0 Å². The number of esters is 1. The van der Waals surface area contributed by atoms with E-state index in [1.807, 2.05) is 24.3 Å². The Hall–Kier alpha value is -1.55. The molecule has 0 saturated heterocycles. The number of rotatable bonds is 5. The van der Waals surface area contributed by atoms with Gasteiger partial charge < -0.3 is 10.1 Å². The zero-order valence-corrected chi connectivity index (χ0v) is 17.1. The Morgan fingerprint density at radius 1 is 1.11 bits per heavy atom. The van der Waals surface area contributed by atoms with E-state index >= 15 is 0 Å². The summed E-state index contributed by atoms with van der Waals surface area (Å²) in [6, 6.07) is 7.60. The van der Waals surface area contributed by atoms with Crippen LogP contribution in [-0.2, 0) is 19.7 Å². The second-order valence-corrected chi connectivity index (χ2v) is 8.75. The third kappa shape index (κ3) is 4.48. The Labute approximate surface area is 167 Å². The molecule has 1 N–H and O–H groups in total. The van der Waals surface area contributed by atoms with Gasteiger partial charge in [-0.25, -0.2) is 0 Å². The van der Waals surface area contributed by atoms with Crippen LogP contribution < -0.4 is 5.32 Å². The van der Waals surface area contributed by atoms with E-state index in [9.17, 15) is 9.59 Å². The van der Waals surface area contributed by atoms with E-state index in [0.717, 1.165) is 44.1 Å². The molecule has 3 atom stereocenters. The number of hydrogen-bond acceptors (Lipinski definition) is 3. The van der Waals surface area contributed by atoms with Crippen molar-refractivity contribution < 1.29 is 14.3 Å². The molecule has 0 heterocycles. The average molecular weight is 392 g/mol. The summed E-state index contributed by atoms with van der Waals surface area (Å²) in [4.78, 5) is 25.3. The van der Waals surface area contributed by atoms with E-state index in [0.29, 0.717) is 16.9 Å². The van der Waals surface area contributed by atoms with Gasteiger partial charge in [0.05, 0.1) is 5.41 Å². The van der Waals surface area contributed by atoms with Gasteiger partial charge in [0.25, 0.3) is 5.91 Å². The molecule has 27 heavy (non-hydrogen) atoms. The molecule has 2 saturated carbocycles. The van der Waals surface area contributed by atoms with Crippen molar-refractivity contribution in [1.29, 1.82) is 0 Å². The molecule has 0 aromatic heterocycles. The van der Waals surface area contributed by atoms with Crippen LogP contribution in [0.3, 0.4) is 0 Å². The first-order chi connectivity index (χ1) is 12.9. The molecule has 2 aliphatic carbocycles. The van der Waals surface area contributed by atoms with Crippen LogP contribution >= 0.6 is 11.6 Å². The Balaban J connectivity index is 1.60. The van der Waals surface area contributed by atoms with Crippen molar-refractivity contribution in [2.24, 2.45) is 11.8 Å². The summed E-state index contributed by atoms with van der Waals surface area (Å²) in [5.74, 6) is 0.577. The van der Waals surface area contributed by atoms with Crippen molar-refractivity contribution in [2.75, 3.05) is 6.61 Å². The third-order valence-electron chi connectivity index (χ3n) is 6.63. The van der Waals surface area contributed by atoms with E-state index in [2.05, 4.69) is 19.2 Å². The molecule has 1 amide bonds. The monoisotopic (exact) mass is 391 g/mol. The highest BCUT2D eigenvalue weighted by Crippen LogP contribution is 2.42. The van der Waals surface area contributed by atoms with Gasteiger partial charge in [-0.05, 0) is 48.8 Å². The Morgan fingerprint density at radius 2 is 1.78 bits per heavy atom. The number of halogens is 1. The molecule has 148 valence electrons. The number of benzene rings is 1. The summed E-state index contributed by atoms with van der Waals surface area (Å²) in [7, 11) is 0. The summed E-state index contributed by atoms with van der Waals surface area (Å²) in [6.07, 6.45) is 6.84. The Bertz CT molecular complexity index is 667. The van der Waals surface area contributed by atoms with Crippen molar-refractivity contribution in [2.45, 2.75) is 70.3 Å². The quantitative estimate of drug-likeness (QED) is 0.744. The maximum absolute atomic E-state index is 12.9. The molecule has 0 spiro atoms. The highest BCUT2D eigenvalue weighted by Gasteiger charge is 2.44. The molecule has 4 nitrogen and oxygen atoms in total. The van der Waals surface area contributed by atoms with Gasteiger partial charge in [0.2, 0.25) is 0 Å². The standard InChI is InChI=1S/C22H30ClNO3/c1-15-6-5-7-19(16(15)2)24-20(25)14-27-21(26)22(12-3-4-13-22)17-8-10-18(23)11-9-17/h8-11,15-16,19H,3-7,12-14H2,1-2H3,(H,24,25)/t15-,16+,19+/m0/s1. The minimum Gasteiger partial charge on any atom is -0.455 e. The highest BCUT2D eigenvalue weighted by molar-refractivity contribution is 6.30. The van der Waals surface area contributed by atoms with Crippen LogP contribution in [0.2, 0.25) is 5.02 Å². The van der Waals surface area contributed by atoms with E-state index < -0.39 is 5.41 Å². The maximum atomic E-state index is 12.9. The summed E-state index contributed by atoms with van der Waals surface area (Å²) in [5.41, 5.74) is 0.293. The number of nitrogens with one attached hydrogen (secondary N) is 1. The third-order valence-corrected chi connectivity index (χ3v) is 6.88. The maximum Gasteiger partial charge on any atom is 0.317 e. The number of hydrogen-bond donors (Lipinski definition) is 1. The fourth-order valence-corrected chi connectivity index (χ4v) is 4.79. The molecule has 2 aliphatic rings. The van der Waals surface area contributed by atoms with Crippen molar-refractivity contribution >= 4 is 23.5 Å². The molecule has 0 radical (unpaired) electrons. The van der Waals surface area contributed by atoms with Crippen LogP contribution in [0.15, 0.2) is 24.3 Å². The van der Waals surface area contributed by atoms with E-state index in [1.54, 1.807) is 0 Å². The highest BCUT2D eigenvalue weighted by atomic mass is 35.5. The van der Waals surface area contributed by atoms with Crippen molar-refractivity contribution in [3.63, 3.8) is 0 Å². The van der Waals surface area contributed by atoms with Crippen molar-refractivity contribution in [3.8, 4) is 0 Å². The molecule has 1 aromatic rings. The van der Waals surface area contributed by atoms with Gasteiger partial charge in [0, 0.05) is 11.1 Å². The molecular weight excluding hydrogens is 362 g/mol. The van der Waals surface area contributed by atoms with Crippen LogP contribution in [0, 0.1) is 11.8 Å². The second-order valence-electron chi connectivity index (χ2n) is 8.31. The minimum atomic E-state index is -0.641. The first-order valence-electron chi connectivity index (χ1n) is 10.1. The van der Waals surface area contributed by atoms with Crippen LogP contribution in [0.5, 0.6) is 0 Å². The summed E-state index contributed by atoms with van der Waals surface area (Å²) >= 11 is 5.99. The first kappa shape index (κ1) is 20.2. The molecule has 0 unspecified atom stereocenters. The van der Waals surface area contributed by atoms with Gasteiger partial charge in [-0.15, -0.1) is 0 Å². The van der Waals surface area contributed by atoms with E-state index in [-0.39, 0.29) is 24.5 Å². The molecule has 0 aliphatic heterocycles. The Morgan fingerprint density at radius 3 is 2.44 bits per heavy atom. The molecule has 0 bridgehead atoms. The molecule has 2 fully saturated rings. The van der Waals surface area contributed by atoms with E-state index in [4.69, 9.17) is 16.3 Å². The normalized spacial score (nSPS) is 27.1. The van der Waals surface area contributed by atoms with Crippen LogP contribution in [-0.4, -0.2) is 24.5 Å². The van der Waals surface area contributed by atoms with Gasteiger partial charge >= 0.3 is 5.97 Å². The largest absolute Gasteiger partial charge is 0.455 e. The lowest BCUT2D eigenvalue weighted by atomic mass is 9.78. The SMILES string of the molecule is C[C@@H]1[C@@H](C)CCC[C@H]1NC(=O)COC(=O)C1(c2ccc(Cl)cc2)CCCC1. The zero-order valence-electron chi connectivity index (χ0n) is 16.3. The lowest BCUT2D eigenvalue weighted by Gasteiger charge is -2.34. The lowest BCUT2D eigenvalue weighted by molar-refractivity contribution is -0.154. The molecule has 5 heteroatoms. The average Bonchev–Trinajstić information content (AvgIpc) is 3.15. The predicted molar refractivity (Wildman–Crippen MR) is 107 cm³/mol. The van der Waals surface area contributed by atoms with Crippen LogP contribution in [0.25, 0.3) is 0 Å². The Kier molecular flexibility index (Phi) is 6.46.